The first-order valence-corrected chi connectivity index (χ1v) is 6.71. The summed E-state index contributed by atoms with van der Waals surface area (Å²) in [5, 5.41) is 2.45. The maximum Gasteiger partial charge on any atom is 0.269 e. The number of rotatable bonds is 5. The van der Waals surface area contributed by atoms with Crippen molar-refractivity contribution in [2.75, 3.05) is 13.7 Å². The Balaban J connectivity index is 2.49. The zero-order chi connectivity index (χ0) is 15.2. The number of H-pyrrole nitrogens is 1. The molecule has 6 heteroatoms. The molecule has 1 aromatic heterocycles. The van der Waals surface area contributed by atoms with Crippen LogP contribution < -0.4 is 15.6 Å². The summed E-state index contributed by atoms with van der Waals surface area (Å²) in [7, 11) is 1.49. The molecule has 2 N–H and O–H groups in total. The fourth-order valence-electron chi connectivity index (χ4n) is 1.83. The molecule has 0 bridgehead atoms. The minimum Gasteiger partial charge on any atom is -0.493 e. The van der Waals surface area contributed by atoms with Crippen LogP contribution in [0.3, 0.4) is 0 Å². The quantitative estimate of drug-likeness (QED) is 0.874. The number of benzene rings is 1. The predicted octanol–water partition coefficient (Wildman–Crippen LogP) is 1.59. The second kappa shape index (κ2) is 6.69. The number of para-hydroxylation sites is 1. The number of nitrogens with one attached hydrogen (secondary N) is 2. The van der Waals surface area contributed by atoms with Gasteiger partial charge in [-0.25, -0.2) is 4.98 Å². The molecule has 1 aromatic carbocycles. The number of amides is 1. The summed E-state index contributed by atoms with van der Waals surface area (Å²) in [6.45, 7) is 2.57. The van der Waals surface area contributed by atoms with Crippen LogP contribution in [0.4, 0.5) is 0 Å². The fraction of sp³-hybridized carbons (Fsp3) is 0.267. The van der Waals surface area contributed by atoms with Crippen LogP contribution in [-0.4, -0.2) is 29.5 Å². The van der Waals surface area contributed by atoms with E-state index in [4.69, 9.17) is 4.74 Å². The monoisotopic (exact) mass is 287 g/mol. The molecule has 0 aliphatic rings. The number of ether oxygens (including phenoxy) is 1. The SMILES string of the molecule is CCCOc1ccccc1-c1nc(C(=O)NC)cc(=O)[nH]1. The summed E-state index contributed by atoms with van der Waals surface area (Å²) >= 11 is 0. The van der Waals surface area contributed by atoms with Gasteiger partial charge in [-0.3, -0.25) is 9.59 Å². The molecule has 0 spiro atoms. The maximum atomic E-state index is 11.7. The minimum atomic E-state index is -0.408. The molecular formula is C15H17N3O3. The van der Waals surface area contributed by atoms with Gasteiger partial charge < -0.3 is 15.0 Å². The normalized spacial score (nSPS) is 10.2. The molecule has 2 aromatic rings. The van der Waals surface area contributed by atoms with Gasteiger partial charge in [-0.1, -0.05) is 19.1 Å². The van der Waals surface area contributed by atoms with Crippen LogP contribution in [0.15, 0.2) is 35.1 Å². The van der Waals surface area contributed by atoms with Crippen LogP contribution >= 0.6 is 0 Å². The largest absolute Gasteiger partial charge is 0.493 e. The number of hydrogen-bond donors (Lipinski definition) is 2. The van der Waals surface area contributed by atoms with E-state index in [2.05, 4.69) is 15.3 Å². The van der Waals surface area contributed by atoms with Crippen molar-refractivity contribution in [3.05, 3.63) is 46.4 Å². The number of carbonyl (C=O) groups excluding carboxylic acids is 1. The Morgan fingerprint density at radius 3 is 2.86 bits per heavy atom. The Labute approximate surface area is 122 Å². The molecule has 0 saturated heterocycles. The summed E-state index contributed by atoms with van der Waals surface area (Å²) in [5.41, 5.74) is 0.333. The highest BCUT2D eigenvalue weighted by molar-refractivity contribution is 5.92. The highest BCUT2D eigenvalue weighted by Gasteiger charge is 2.12. The zero-order valence-electron chi connectivity index (χ0n) is 12.0. The van der Waals surface area contributed by atoms with Gasteiger partial charge in [-0.15, -0.1) is 0 Å². The van der Waals surface area contributed by atoms with Crippen LogP contribution in [-0.2, 0) is 0 Å². The van der Waals surface area contributed by atoms with E-state index in [9.17, 15) is 9.59 Å². The van der Waals surface area contributed by atoms with Crippen molar-refractivity contribution in [2.45, 2.75) is 13.3 Å². The van der Waals surface area contributed by atoms with Crippen molar-refractivity contribution in [3.8, 4) is 17.1 Å². The molecule has 110 valence electrons. The number of aromatic amines is 1. The van der Waals surface area contributed by atoms with E-state index in [0.29, 0.717) is 23.7 Å². The van der Waals surface area contributed by atoms with Crippen molar-refractivity contribution >= 4 is 5.91 Å². The van der Waals surface area contributed by atoms with Crippen LogP contribution in [0.1, 0.15) is 23.8 Å². The van der Waals surface area contributed by atoms with Crippen LogP contribution in [0.2, 0.25) is 0 Å². The lowest BCUT2D eigenvalue weighted by atomic mass is 10.2. The van der Waals surface area contributed by atoms with E-state index in [1.165, 1.54) is 7.05 Å². The predicted molar refractivity (Wildman–Crippen MR) is 79.5 cm³/mol. The molecule has 0 unspecified atom stereocenters. The first-order chi connectivity index (χ1) is 10.2. The summed E-state index contributed by atoms with van der Waals surface area (Å²) < 4.78 is 5.64. The van der Waals surface area contributed by atoms with Gasteiger partial charge in [0.25, 0.3) is 11.5 Å². The standard InChI is InChI=1S/C15H17N3O3/c1-3-8-21-12-7-5-4-6-10(12)14-17-11(15(20)16-2)9-13(19)18-14/h4-7,9H,3,8H2,1-2H3,(H,16,20)(H,17,18,19). The summed E-state index contributed by atoms with van der Waals surface area (Å²) in [6.07, 6.45) is 0.872. The zero-order valence-corrected chi connectivity index (χ0v) is 12.0. The molecule has 0 fully saturated rings. The lowest BCUT2D eigenvalue weighted by molar-refractivity contribution is 0.0958. The van der Waals surface area contributed by atoms with Crippen molar-refractivity contribution < 1.29 is 9.53 Å². The van der Waals surface area contributed by atoms with Crippen molar-refractivity contribution in [2.24, 2.45) is 0 Å². The highest BCUT2D eigenvalue weighted by atomic mass is 16.5. The molecule has 0 radical (unpaired) electrons. The summed E-state index contributed by atoms with van der Waals surface area (Å²) in [6, 6.07) is 8.42. The van der Waals surface area contributed by atoms with E-state index in [-0.39, 0.29) is 11.3 Å². The van der Waals surface area contributed by atoms with E-state index >= 15 is 0 Å². The molecule has 1 amide bonds. The van der Waals surface area contributed by atoms with Gasteiger partial charge in [0.05, 0.1) is 12.2 Å². The van der Waals surface area contributed by atoms with Gasteiger partial charge in [0.1, 0.15) is 17.3 Å². The molecular weight excluding hydrogens is 270 g/mol. The van der Waals surface area contributed by atoms with Gasteiger partial charge in [0.15, 0.2) is 0 Å². The Bertz CT molecular complexity index is 695. The average Bonchev–Trinajstić information content (AvgIpc) is 2.51. The topological polar surface area (TPSA) is 84.1 Å². The van der Waals surface area contributed by atoms with Gasteiger partial charge in [0.2, 0.25) is 0 Å². The number of nitrogens with zero attached hydrogens (tertiary/aromatic N) is 1. The van der Waals surface area contributed by atoms with Gasteiger partial charge >= 0.3 is 0 Å². The molecule has 2 rings (SSSR count). The molecule has 0 aliphatic carbocycles. The lowest BCUT2D eigenvalue weighted by Gasteiger charge is -2.10. The lowest BCUT2D eigenvalue weighted by Crippen LogP contribution is -2.23. The molecule has 0 atom stereocenters. The Morgan fingerprint density at radius 1 is 1.38 bits per heavy atom. The van der Waals surface area contributed by atoms with Gasteiger partial charge in [-0.2, -0.15) is 0 Å². The maximum absolute atomic E-state index is 11.7. The summed E-state index contributed by atoms with van der Waals surface area (Å²) in [5.74, 6) is 0.527. The first-order valence-electron chi connectivity index (χ1n) is 6.71. The van der Waals surface area contributed by atoms with Crippen molar-refractivity contribution in [1.82, 2.24) is 15.3 Å². The van der Waals surface area contributed by atoms with Gasteiger partial charge in [-0.05, 0) is 18.6 Å². The Kier molecular flexibility index (Phi) is 4.71. The second-order valence-corrected chi connectivity index (χ2v) is 4.40. The number of carbonyl (C=O) groups is 1. The second-order valence-electron chi connectivity index (χ2n) is 4.40. The third-order valence-corrected chi connectivity index (χ3v) is 2.81. The van der Waals surface area contributed by atoms with Crippen LogP contribution in [0, 0.1) is 0 Å². The van der Waals surface area contributed by atoms with E-state index in [1.54, 1.807) is 12.1 Å². The van der Waals surface area contributed by atoms with E-state index < -0.39 is 5.91 Å². The smallest absolute Gasteiger partial charge is 0.269 e. The third kappa shape index (κ3) is 3.47. The molecule has 0 aliphatic heterocycles. The Morgan fingerprint density at radius 2 is 2.14 bits per heavy atom. The van der Waals surface area contributed by atoms with Crippen molar-refractivity contribution in [3.63, 3.8) is 0 Å². The molecule has 6 nitrogen and oxygen atoms in total. The fourth-order valence-corrected chi connectivity index (χ4v) is 1.83. The number of hydrogen-bond acceptors (Lipinski definition) is 4. The average molecular weight is 287 g/mol. The first kappa shape index (κ1) is 14.8. The molecule has 0 saturated carbocycles. The van der Waals surface area contributed by atoms with E-state index in [1.807, 2.05) is 19.1 Å². The minimum absolute atomic E-state index is 0.0709. The third-order valence-electron chi connectivity index (χ3n) is 2.81. The van der Waals surface area contributed by atoms with E-state index in [0.717, 1.165) is 12.5 Å². The Hall–Kier alpha value is -2.63. The highest BCUT2D eigenvalue weighted by Crippen LogP contribution is 2.26. The van der Waals surface area contributed by atoms with Crippen LogP contribution in [0.5, 0.6) is 5.75 Å². The van der Waals surface area contributed by atoms with Crippen LogP contribution in [0.25, 0.3) is 11.4 Å². The molecule has 1 heterocycles. The van der Waals surface area contributed by atoms with Gasteiger partial charge in [0, 0.05) is 13.1 Å². The number of aromatic nitrogens is 2. The molecule has 21 heavy (non-hydrogen) atoms. The summed E-state index contributed by atoms with van der Waals surface area (Å²) in [4.78, 5) is 30.2. The van der Waals surface area contributed by atoms with Crippen molar-refractivity contribution in [1.29, 1.82) is 0 Å².